The van der Waals surface area contributed by atoms with E-state index in [1.54, 1.807) is 0 Å². The molecule has 0 aliphatic carbocycles. The minimum absolute atomic E-state index is 0.0967. The van der Waals surface area contributed by atoms with E-state index in [0.717, 1.165) is 5.33 Å². The molecule has 0 aliphatic rings. The number of hydrogen-bond acceptors (Lipinski definition) is 2. The van der Waals surface area contributed by atoms with Crippen LogP contribution in [-0.4, -0.2) is 18.2 Å². The first-order valence-electron chi connectivity index (χ1n) is 2.30. The van der Waals surface area contributed by atoms with Crippen molar-refractivity contribution in [1.82, 2.24) is 0 Å². The van der Waals surface area contributed by atoms with Crippen LogP contribution in [-0.2, 0) is 7.80 Å². The first kappa shape index (κ1) is 9.13. The highest BCUT2D eigenvalue weighted by atomic mass is 127. The van der Waals surface area contributed by atoms with Gasteiger partial charge in [-0.1, -0.05) is 15.9 Å². The second kappa shape index (κ2) is 6.25. The summed E-state index contributed by atoms with van der Waals surface area (Å²) >= 11 is 5.04. The molecule has 0 aromatic carbocycles. The van der Waals surface area contributed by atoms with Gasteiger partial charge in [-0.2, -0.15) is 0 Å². The molecule has 4 heteroatoms. The molecule has 0 aromatic heterocycles. The second-order valence-electron chi connectivity index (χ2n) is 1.13. The maximum absolute atomic E-state index is 5.06. The highest BCUT2D eigenvalue weighted by Crippen LogP contribution is 2.02. The van der Waals surface area contributed by atoms with Gasteiger partial charge in [-0.15, -0.1) is 0 Å². The average molecular weight is 295 g/mol. The molecule has 1 unspecified atom stereocenters. The predicted octanol–water partition coefficient (Wildman–Crippen LogP) is 2.11. The zero-order valence-electron chi connectivity index (χ0n) is 4.56. The summed E-state index contributed by atoms with van der Waals surface area (Å²) in [6.45, 7) is 2.63. The van der Waals surface area contributed by atoms with Crippen LogP contribution in [0.15, 0.2) is 0 Å². The third-order valence-corrected chi connectivity index (χ3v) is 1.67. The van der Waals surface area contributed by atoms with Gasteiger partial charge in [0.1, 0.15) is 23.0 Å². The molecule has 0 rings (SSSR count). The maximum atomic E-state index is 5.06. The lowest BCUT2D eigenvalue weighted by Gasteiger charge is -2.08. The van der Waals surface area contributed by atoms with Crippen LogP contribution in [0.1, 0.15) is 6.92 Å². The molecule has 0 saturated carbocycles. The van der Waals surface area contributed by atoms with Crippen molar-refractivity contribution in [3.63, 3.8) is 0 Å². The summed E-state index contributed by atoms with van der Waals surface area (Å²) in [5.74, 6) is 0. The fourth-order valence-corrected chi connectivity index (χ4v) is 1.42. The van der Waals surface area contributed by atoms with Crippen LogP contribution in [0.25, 0.3) is 0 Å². The van der Waals surface area contributed by atoms with Crippen LogP contribution < -0.4 is 0 Å². The molecule has 0 heterocycles. The molecule has 8 heavy (non-hydrogen) atoms. The molecule has 1 atom stereocenters. The molecule has 2 nitrogen and oxygen atoms in total. The lowest BCUT2D eigenvalue weighted by atomic mass is 10.7. The van der Waals surface area contributed by atoms with E-state index in [1.165, 1.54) is 0 Å². The second-order valence-corrected chi connectivity index (χ2v) is 2.28. The standard InChI is InChI=1S/C4H8BrIO2/c1-2-7-4(3-5)8-6/h4H,2-3H2,1H3. The molecule has 0 spiro atoms. The van der Waals surface area contributed by atoms with Crippen LogP contribution in [0, 0.1) is 0 Å². The van der Waals surface area contributed by atoms with E-state index in [4.69, 9.17) is 7.80 Å². The average Bonchev–Trinajstić information content (AvgIpc) is 1.83. The van der Waals surface area contributed by atoms with E-state index in [2.05, 4.69) is 15.9 Å². The Morgan fingerprint density at radius 3 is 2.50 bits per heavy atom. The Balaban J connectivity index is 3.07. The van der Waals surface area contributed by atoms with Gasteiger partial charge in [-0.05, 0) is 6.92 Å². The van der Waals surface area contributed by atoms with Crippen molar-refractivity contribution in [3.05, 3.63) is 0 Å². The van der Waals surface area contributed by atoms with Gasteiger partial charge in [0, 0.05) is 6.61 Å². The maximum Gasteiger partial charge on any atom is 0.178 e. The van der Waals surface area contributed by atoms with Gasteiger partial charge in [0.25, 0.3) is 0 Å². The molecule has 0 aliphatic heterocycles. The molecule has 0 amide bonds. The van der Waals surface area contributed by atoms with Gasteiger partial charge in [-0.3, -0.25) is 3.07 Å². The Labute approximate surface area is 71.7 Å². The fourth-order valence-electron chi connectivity index (χ4n) is 0.280. The summed E-state index contributed by atoms with van der Waals surface area (Å²) in [7, 11) is 0. The fraction of sp³-hybridized carbons (Fsp3) is 1.00. The lowest BCUT2D eigenvalue weighted by molar-refractivity contribution is -0.0306. The number of alkyl halides is 1. The van der Waals surface area contributed by atoms with Gasteiger partial charge < -0.3 is 4.74 Å². The highest BCUT2D eigenvalue weighted by molar-refractivity contribution is 14.1. The van der Waals surface area contributed by atoms with Crippen molar-refractivity contribution in [1.29, 1.82) is 0 Å². The molecular weight excluding hydrogens is 287 g/mol. The molecule has 0 N–H and O–H groups in total. The summed E-state index contributed by atoms with van der Waals surface area (Å²) in [5, 5.41) is 0.726. The van der Waals surface area contributed by atoms with E-state index in [-0.39, 0.29) is 6.29 Å². The largest absolute Gasteiger partial charge is 0.351 e. The van der Waals surface area contributed by atoms with Gasteiger partial charge in [0.2, 0.25) is 0 Å². The molecular formula is C4H8BrIO2. The van der Waals surface area contributed by atoms with Crippen LogP contribution in [0.2, 0.25) is 0 Å². The van der Waals surface area contributed by atoms with Crippen molar-refractivity contribution >= 4 is 38.9 Å². The van der Waals surface area contributed by atoms with Gasteiger partial charge >= 0.3 is 0 Å². The Kier molecular flexibility index (Phi) is 7.14. The minimum Gasteiger partial charge on any atom is -0.351 e. The Bertz CT molecular complexity index is 49.3. The first-order chi connectivity index (χ1) is 3.85. The summed E-state index contributed by atoms with van der Waals surface area (Å²) in [6.07, 6.45) is -0.0967. The zero-order chi connectivity index (χ0) is 6.41. The molecule has 0 radical (unpaired) electrons. The van der Waals surface area contributed by atoms with Gasteiger partial charge in [0.05, 0.1) is 5.33 Å². The summed E-state index contributed by atoms with van der Waals surface area (Å²) < 4.78 is 9.90. The number of hydrogen-bond donors (Lipinski definition) is 0. The van der Waals surface area contributed by atoms with Gasteiger partial charge in [0.15, 0.2) is 6.29 Å². The van der Waals surface area contributed by atoms with E-state index in [9.17, 15) is 0 Å². The van der Waals surface area contributed by atoms with Crippen molar-refractivity contribution < 1.29 is 7.80 Å². The number of halogens is 2. The molecule has 0 fully saturated rings. The van der Waals surface area contributed by atoms with Crippen LogP contribution >= 0.6 is 38.9 Å². The van der Waals surface area contributed by atoms with Crippen molar-refractivity contribution in [2.45, 2.75) is 13.2 Å². The van der Waals surface area contributed by atoms with E-state index < -0.39 is 0 Å². The smallest absolute Gasteiger partial charge is 0.178 e. The molecule has 0 saturated heterocycles. The Morgan fingerprint density at radius 2 is 2.38 bits per heavy atom. The summed E-state index contributed by atoms with van der Waals surface area (Å²) in [5.41, 5.74) is 0. The van der Waals surface area contributed by atoms with Crippen LogP contribution in [0.3, 0.4) is 0 Å². The number of ether oxygens (including phenoxy) is 1. The minimum atomic E-state index is -0.0967. The van der Waals surface area contributed by atoms with Crippen molar-refractivity contribution in [3.8, 4) is 0 Å². The highest BCUT2D eigenvalue weighted by Gasteiger charge is 2.02. The topological polar surface area (TPSA) is 18.5 Å². The van der Waals surface area contributed by atoms with E-state index >= 15 is 0 Å². The monoisotopic (exact) mass is 294 g/mol. The molecule has 0 aromatic rings. The third kappa shape index (κ3) is 4.05. The van der Waals surface area contributed by atoms with Gasteiger partial charge in [-0.25, -0.2) is 0 Å². The normalized spacial score (nSPS) is 13.9. The Morgan fingerprint density at radius 1 is 1.75 bits per heavy atom. The van der Waals surface area contributed by atoms with Crippen LogP contribution in [0.5, 0.6) is 0 Å². The SMILES string of the molecule is CCOC(CBr)OI. The van der Waals surface area contributed by atoms with Crippen LogP contribution in [0.4, 0.5) is 0 Å². The predicted molar refractivity (Wildman–Crippen MR) is 44.3 cm³/mol. The summed E-state index contributed by atoms with van der Waals surface area (Å²) in [4.78, 5) is 0. The number of rotatable bonds is 4. The quantitative estimate of drug-likeness (QED) is 0.449. The third-order valence-electron chi connectivity index (χ3n) is 0.578. The zero-order valence-corrected chi connectivity index (χ0v) is 8.31. The van der Waals surface area contributed by atoms with E-state index in [1.807, 2.05) is 29.9 Å². The van der Waals surface area contributed by atoms with Crippen molar-refractivity contribution in [2.75, 3.05) is 11.9 Å². The summed E-state index contributed by atoms with van der Waals surface area (Å²) in [6, 6.07) is 0. The lowest BCUT2D eigenvalue weighted by Crippen LogP contribution is -2.13. The molecule has 50 valence electrons. The molecule has 0 bridgehead atoms. The Hall–Kier alpha value is 1.13. The first-order valence-corrected chi connectivity index (χ1v) is 4.30. The van der Waals surface area contributed by atoms with E-state index in [0.29, 0.717) is 6.61 Å². The van der Waals surface area contributed by atoms with Crippen molar-refractivity contribution in [2.24, 2.45) is 0 Å².